The van der Waals surface area contributed by atoms with Crippen LogP contribution in [0.1, 0.15) is 37.8 Å². The van der Waals surface area contributed by atoms with Gasteiger partial charge < -0.3 is 15.0 Å². The van der Waals surface area contributed by atoms with Crippen LogP contribution in [0.25, 0.3) is 0 Å². The molecule has 0 aliphatic heterocycles. The van der Waals surface area contributed by atoms with Crippen LogP contribution < -0.4 is 14.4 Å². The van der Waals surface area contributed by atoms with Crippen molar-refractivity contribution in [1.82, 2.24) is 10.2 Å². The van der Waals surface area contributed by atoms with Crippen molar-refractivity contribution in [3.05, 3.63) is 124 Å². The fourth-order valence-corrected chi connectivity index (χ4v) is 6.77. The molecule has 4 rings (SSSR count). The van der Waals surface area contributed by atoms with E-state index in [1.807, 2.05) is 44.2 Å². The quantitative estimate of drug-likeness (QED) is 0.123. The number of carbonyl (C=O) groups excluding carboxylic acids is 2. The van der Waals surface area contributed by atoms with Gasteiger partial charge in [0.2, 0.25) is 11.8 Å². The molecule has 0 saturated carbocycles. The molecule has 0 aromatic heterocycles. The maximum atomic E-state index is 14.5. The minimum absolute atomic E-state index is 0.0696. The molecule has 0 aliphatic carbocycles. The number of anilines is 1. The number of rotatable bonds is 16. The minimum atomic E-state index is -4.37. The predicted octanol–water partition coefficient (Wildman–Crippen LogP) is 7.28. The second-order valence-electron chi connectivity index (χ2n) is 11.0. The van der Waals surface area contributed by atoms with Gasteiger partial charge in [-0.15, -0.1) is 0 Å². The molecule has 48 heavy (non-hydrogen) atoms. The van der Waals surface area contributed by atoms with Gasteiger partial charge in [0.15, 0.2) is 0 Å². The van der Waals surface area contributed by atoms with E-state index in [4.69, 9.17) is 27.9 Å². The lowest BCUT2D eigenvalue weighted by molar-refractivity contribution is -0.140. The number of nitrogens with zero attached hydrogens (tertiary/aromatic N) is 2. The molecule has 0 unspecified atom stereocenters. The molecular formula is C36H38Cl2FN3O5S. The van der Waals surface area contributed by atoms with Gasteiger partial charge in [-0.3, -0.25) is 13.9 Å². The Hall–Kier alpha value is -4.12. The van der Waals surface area contributed by atoms with Crippen LogP contribution in [0.3, 0.4) is 0 Å². The molecule has 4 aromatic rings. The van der Waals surface area contributed by atoms with Crippen molar-refractivity contribution in [2.45, 2.75) is 50.6 Å². The molecule has 12 heteroatoms. The maximum Gasteiger partial charge on any atom is 0.264 e. The number of carbonyl (C=O) groups is 2. The summed E-state index contributed by atoms with van der Waals surface area (Å²) in [6, 6.07) is 23.7. The average molecular weight is 715 g/mol. The topological polar surface area (TPSA) is 96.0 Å². The van der Waals surface area contributed by atoms with Gasteiger partial charge in [-0.1, -0.05) is 72.9 Å². The number of ether oxygens (including phenoxy) is 1. The van der Waals surface area contributed by atoms with Crippen LogP contribution in [0, 0.1) is 5.82 Å². The van der Waals surface area contributed by atoms with E-state index in [1.165, 1.54) is 41.3 Å². The first-order chi connectivity index (χ1) is 23.0. The molecule has 1 atom stereocenters. The van der Waals surface area contributed by atoms with E-state index >= 15 is 0 Å². The van der Waals surface area contributed by atoms with Crippen LogP contribution in [0.15, 0.2) is 102 Å². The second-order valence-corrected chi connectivity index (χ2v) is 13.7. The molecule has 0 radical (unpaired) electrons. The first kappa shape index (κ1) is 36.7. The third-order valence-corrected chi connectivity index (χ3v) is 10.1. The lowest BCUT2D eigenvalue weighted by atomic mass is 10.0. The largest absolute Gasteiger partial charge is 0.494 e. The van der Waals surface area contributed by atoms with Crippen LogP contribution in [0.4, 0.5) is 10.1 Å². The third-order valence-electron chi connectivity index (χ3n) is 7.55. The molecule has 0 fully saturated rings. The summed E-state index contributed by atoms with van der Waals surface area (Å²) < 4.78 is 48.7. The van der Waals surface area contributed by atoms with Crippen molar-refractivity contribution >= 4 is 50.7 Å². The number of hydrogen-bond acceptors (Lipinski definition) is 5. The van der Waals surface area contributed by atoms with Gasteiger partial charge in [-0.05, 0) is 85.1 Å². The number of halogens is 3. The molecule has 0 spiro atoms. The lowest BCUT2D eigenvalue weighted by Gasteiger charge is -2.34. The van der Waals surface area contributed by atoms with E-state index in [1.54, 1.807) is 18.2 Å². The van der Waals surface area contributed by atoms with E-state index < -0.39 is 34.3 Å². The van der Waals surface area contributed by atoms with Crippen LogP contribution in [0.2, 0.25) is 10.0 Å². The van der Waals surface area contributed by atoms with Crippen molar-refractivity contribution in [2.24, 2.45) is 0 Å². The number of unbranched alkanes of at least 4 members (excludes halogenated alkanes) is 1. The Morgan fingerprint density at radius 1 is 0.875 bits per heavy atom. The van der Waals surface area contributed by atoms with Gasteiger partial charge in [-0.2, -0.15) is 0 Å². The molecular weight excluding hydrogens is 676 g/mol. The molecule has 0 bridgehead atoms. The standard InChI is InChI=1S/C36H38Cl2FN3O5S/c1-3-5-21-40-36(44)34(23-26-9-7-6-8-10-26)41(24-27-11-20-32(37)33(38)22-27)35(43)25-42(29-14-12-28(39)13-15-29)48(45,46)31-18-16-30(17-19-31)47-4-2/h6-20,22,34H,3-5,21,23-25H2,1-2H3,(H,40,44)/t34-/m1/s1. The van der Waals surface area contributed by atoms with Crippen molar-refractivity contribution in [3.63, 3.8) is 0 Å². The number of benzene rings is 4. The minimum Gasteiger partial charge on any atom is -0.494 e. The molecule has 2 amide bonds. The molecule has 8 nitrogen and oxygen atoms in total. The average Bonchev–Trinajstić information content (AvgIpc) is 3.08. The molecule has 0 aliphatic rings. The fraction of sp³-hybridized carbons (Fsp3) is 0.278. The Labute approximate surface area is 291 Å². The predicted molar refractivity (Wildman–Crippen MR) is 187 cm³/mol. The summed E-state index contributed by atoms with van der Waals surface area (Å²) in [4.78, 5) is 29.6. The molecule has 254 valence electrons. The first-order valence-electron chi connectivity index (χ1n) is 15.6. The van der Waals surface area contributed by atoms with Crippen LogP contribution in [-0.4, -0.2) is 50.9 Å². The summed E-state index contributed by atoms with van der Waals surface area (Å²) in [6.07, 6.45) is 1.75. The number of nitrogens with one attached hydrogen (secondary N) is 1. The summed E-state index contributed by atoms with van der Waals surface area (Å²) in [5.74, 6) is -1.14. The normalized spacial score (nSPS) is 11.9. The van der Waals surface area contributed by atoms with Gasteiger partial charge in [0, 0.05) is 19.5 Å². The van der Waals surface area contributed by atoms with E-state index in [0.717, 1.165) is 34.8 Å². The molecule has 1 N–H and O–H groups in total. The Morgan fingerprint density at radius 2 is 1.56 bits per heavy atom. The van der Waals surface area contributed by atoms with Gasteiger partial charge in [0.25, 0.3) is 10.0 Å². The maximum absolute atomic E-state index is 14.5. The lowest BCUT2D eigenvalue weighted by Crippen LogP contribution is -2.53. The zero-order valence-corrected chi connectivity index (χ0v) is 29.1. The van der Waals surface area contributed by atoms with Crippen LogP contribution in [0.5, 0.6) is 5.75 Å². The molecule has 0 heterocycles. The Bertz CT molecular complexity index is 1780. The van der Waals surface area contributed by atoms with Crippen LogP contribution >= 0.6 is 23.2 Å². The number of amides is 2. The van der Waals surface area contributed by atoms with Crippen molar-refractivity contribution in [3.8, 4) is 5.75 Å². The highest BCUT2D eigenvalue weighted by molar-refractivity contribution is 7.92. The van der Waals surface area contributed by atoms with E-state index in [9.17, 15) is 22.4 Å². The van der Waals surface area contributed by atoms with Gasteiger partial charge in [0.1, 0.15) is 24.2 Å². The zero-order valence-electron chi connectivity index (χ0n) is 26.7. The monoisotopic (exact) mass is 713 g/mol. The SMILES string of the molecule is CCCCNC(=O)[C@@H](Cc1ccccc1)N(Cc1ccc(Cl)c(Cl)c1)C(=O)CN(c1ccc(F)cc1)S(=O)(=O)c1ccc(OCC)cc1. The van der Waals surface area contributed by atoms with Gasteiger partial charge in [0.05, 0.1) is 27.2 Å². The third kappa shape index (κ3) is 9.71. The Morgan fingerprint density at radius 3 is 2.19 bits per heavy atom. The highest BCUT2D eigenvalue weighted by atomic mass is 35.5. The van der Waals surface area contributed by atoms with Gasteiger partial charge in [-0.25, -0.2) is 12.8 Å². The van der Waals surface area contributed by atoms with Gasteiger partial charge >= 0.3 is 0 Å². The smallest absolute Gasteiger partial charge is 0.264 e. The Kier molecular flexibility index (Phi) is 13.3. The first-order valence-corrected chi connectivity index (χ1v) is 17.8. The molecule has 4 aromatic carbocycles. The fourth-order valence-electron chi connectivity index (χ4n) is 5.03. The zero-order chi connectivity index (χ0) is 34.7. The summed E-state index contributed by atoms with van der Waals surface area (Å²) >= 11 is 12.5. The highest BCUT2D eigenvalue weighted by Crippen LogP contribution is 2.28. The van der Waals surface area contributed by atoms with E-state index in [2.05, 4.69) is 5.32 Å². The van der Waals surface area contributed by atoms with Crippen molar-refractivity contribution < 1.29 is 27.1 Å². The summed E-state index contributed by atoms with van der Waals surface area (Å²) in [7, 11) is -4.37. The van der Waals surface area contributed by atoms with Crippen molar-refractivity contribution in [1.29, 1.82) is 0 Å². The van der Waals surface area contributed by atoms with E-state index in [0.29, 0.717) is 29.5 Å². The summed E-state index contributed by atoms with van der Waals surface area (Å²) in [5, 5.41) is 3.53. The highest BCUT2D eigenvalue weighted by Gasteiger charge is 2.34. The van der Waals surface area contributed by atoms with E-state index in [-0.39, 0.29) is 34.5 Å². The molecule has 0 saturated heterocycles. The van der Waals surface area contributed by atoms with Crippen molar-refractivity contribution in [2.75, 3.05) is 24.0 Å². The Balaban J connectivity index is 1.79. The summed E-state index contributed by atoms with van der Waals surface area (Å²) in [5.41, 5.74) is 1.46. The summed E-state index contributed by atoms with van der Waals surface area (Å²) in [6.45, 7) is 3.86. The number of sulfonamides is 1. The second kappa shape index (κ2) is 17.3. The number of hydrogen-bond donors (Lipinski definition) is 1. The van der Waals surface area contributed by atoms with Crippen LogP contribution in [-0.2, 0) is 32.6 Å².